The van der Waals surface area contributed by atoms with Gasteiger partial charge in [-0.3, -0.25) is 4.79 Å². The molecule has 2 aliphatic rings. The molecular formula is C13H24N2O. The van der Waals surface area contributed by atoms with E-state index in [1.165, 1.54) is 32.1 Å². The number of rotatable bonds is 3. The largest absolute Gasteiger partial charge is 0.353 e. The quantitative estimate of drug-likeness (QED) is 0.766. The lowest BCUT2D eigenvalue weighted by Gasteiger charge is -2.32. The van der Waals surface area contributed by atoms with Crippen LogP contribution in [0.4, 0.5) is 0 Å². The Morgan fingerprint density at radius 2 is 2.12 bits per heavy atom. The Bertz CT molecular complexity index is 236. The van der Waals surface area contributed by atoms with Gasteiger partial charge in [0.05, 0.1) is 5.92 Å². The summed E-state index contributed by atoms with van der Waals surface area (Å²) >= 11 is 0. The minimum absolute atomic E-state index is 0.222. The van der Waals surface area contributed by atoms with E-state index in [1.807, 2.05) is 0 Å². The molecule has 0 aromatic rings. The predicted molar refractivity (Wildman–Crippen MR) is 65.2 cm³/mol. The van der Waals surface area contributed by atoms with Gasteiger partial charge in [-0.1, -0.05) is 26.2 Å². The fourth-order valence-corrected chi connectivity index (χ4v) is 3.07. The minimum Gasteiger partial charge on any atom is -0.353 e. The second kappa shape index (κ2) is 5.67. The maximum absolute atomic E-state index is 12.0. The van der Waals surface area contributed by atoms with Crippen molar-refractivity contribution in [2.45, 2.75) is 51.5 Å². The van der Waals surface area contributed by atoms with Crippen LogP contribution >= 0.6 is 0 Å². The topological polar surface area (TPSA) is 41.1 Å². The molecule has 0 aromatic heterocycles. The summed E-state index contributed by atoms with van der Waals surface area (Å²) in [5, 5.41) is 6.54. The number of nitrogens with one attached hydrogen (secondary N) is 2. The molecule has 16 heavy (non-hydrogen) atoms. The first kappa shape index (κ1) is 11.9. The molecule has 2 N–H and O–H groups in total. The Labute approximate surface area is 98.4 Å². The third kappa shape index (κ3) is 2.76. The SMILES string of the molecule is CCC1CCCCC1NC(=O)C1CCNC1. The van der Waals surface area contributed by atoms with Gasteiger partial charge >= 0.3 is 0 Å². The van der Waals surface area contributed by atoms with Crippen LogP contribution in [0.1, 0.15) is 45.4 Å². The van der Waals surface area contributed by atoms with E-state index in [1.54, 1.807) is 0 Å². The Morgan fingerprint density at radius 1 is 1.31 bits per heavy atom. The molecule has 3 atom stereocenters. The monoisotopic (exact) mass is 224 g/mol. The number of carbonyl (C=O) groups is 1. The van der Waals surface area contributed by atoms with E-state index >= 15 is 0 Å². The van der Waals surface area contributed by atoms with Crippen LogP contribution < -0.4 is 10.6 Å². The van der Waals surface area contributed by atoms with Crippen molar-refractivity contribution >= 4 is 5.91 Å². The fraction of sp³-hybridized carbons (Fsp3) is 0.923. The molecule has 1 saturated carbocycles. The third-order valence-electron chi connectivity index (χ3n) is 4.19. The van der Waals surface area contributed by atoms with E-state index in [4.69, 9.17) is 0 Å². The number of hydrogen-bond acceptors (Lipinski definition) is 2. The van der Waals surface area contributed by atoms with Crippen LogP contribution in [0.3, 0.4) is 0 Å². The average Bonchev–Trinajstić information content (AvgIpc) is 2.83. The lowest BCUT2D eigenvalue weighted by molar-refractivity contribution is -0.125. The zero-order valence-electron chi connectivity index (χ0n) is 10.3. The molecular weight excluding hydrogens is 200 g/mol. The van der Waals surface area contributed by atoms with Gasteiger partial charge < -0.3 is 10.6 Å². The highest BCUT2D eigenvalue weighted by Gasteiger charge is 2.28. The Kier molecular flexibility index (Phi) is 4.22. The molecule has 0 spiro atoms. The molecule has 0 aromatic carbocycles. The molecule has 0 bridgehead atoms. The van der Waals surface area contributed by atoms with Gasteiger partial charge in [-0.05, 0) is 31.7 Å². The van der Waals surface area contributed by atoms with Crippen LogP contribution in [-0.4, -0.2) is 25.0 Å². The van der Waals surface area contributed by atoms with Crippen molar-refractivity contribution in [3.8, 4) is 0 Å². The summed E-state index contributed by atoms with van der Waals surface area (Å²) in [6.45, 7) is 4.11. The Morgan fingerprint density at radius 3 is 2.81 bits per heavy atom. The van der Waals surface area contributed by atoms with Gasteiger partial charge in [0, 0.05) is 12.6 Å². The summed E-state index contributed by atoms with van der Waals surface area (Å²) in [6.07, 6.45) is 7.32. The third-order valence-corrected chi connectivity index (χ3v) is 4.19. The van der Waals surface area contributed by atoms with Gasteiger partial charge in [0.2, 0.25) is 5.91 Å². The molecule has 3 unspecified atom stereocenters. The van der Waals surface area contributed by atoms with E-state index in [0.29, 0.717) is 12.0 Å². The van der Waals surface area contributed by atoms with Crippen LogP contribution in [0.2, 0.25) is 0 Å². The van der Waals surface area contributed by atoms with Crippen molar-refractivity contribution in [1.29, 1.82) is 0 Å². The van der Waals surface area contributed by atoms with Gasteiger partial charge in [-0.25, -0.2) is 0 Å². The highest BCUT2D eigenvalue weighted by molar-refractivity contribution is 5.79. The maximum Gasteiger partial charge on any atom is 0.224 e. The second-order valence-corrected chi connectivity index (χ2v) is 5.26. The van der Waals surface area contributed by atoms with Gasteiger partial charge in [-0.2, -0.15) is 0 Å². The van der Waals surface area contributed by atoms with Gasteiger partial charge in [-0.15, -0.1) is 0 Å². The molecule has 1 aliphatic heterocycles. The van der Waals surface area contributed by atoms with E-state index in [9.17, 15) is 4.79 Å². The van der Waals surface area contributed by atoms with Crippen LogP contribution in [0, 0.1) is 11.8 Å². The summed E-state index contributed by atoms with van der Waals surface area (Å²) in [7, 11) is 0. The molecule has 1 aliphatic carbocycles. The standard InChI is InChI=1S/C13H24N2O/c1-2-10-5-3-4-6-12(10)15-13(16)11-7-8-14-9-11/h10-12,14H,2-9H2,1H3,(H,15,16). The molecule has 0 radical (unpaired) electrons. The van der Waals surface area contributed by atoms with Gasteiger partial charge in [0.15, 0.2) is 0 Å². The summed E-state index contributed by atoms with van der Waals surface area (Å²) in [5.74, 6) is 1.22. The smallest absolute Gasteiger partial charge is 0.224 e. The van der Waals surface area contributed by atoms with Gasteiger partial charge in [0.25, 0.3) is 0 Å². The second-order valence-electron chi connectivity index (χ2n) is 5.26. The van der Waals surface area contributed by atoms with Crippen molar-refractivity contribution < 1.29 is 4.79 Å². The fourth-order valence-electron chi connectivity index (χ4n) is 3.07. The van der Waals surface area contributed by atoms with E-state index in [2.05, 4.69) is 17.6 Å². The van der Waals surface area contributed by atoms with Crippen molar-refractivity contribution in [2.24, 2.45) is 11.8 Å². The lowest BCUT2D eigenvalue weighted by atomic mass is 9.82. The number of carbonyl (C=O) groups excluding carboxylic acids is 1. The Hall–Kier alpha value is -0.570. The van der Waals surface area contributed by atoms with E-state index in [0.717, 1.165) is 19.5 Å². The first-order valence-corrected chi connectivity index (χ1v) is 6.82. The van der Waals surface area contributed by atoms with Crippen LogP contribution in [0.15, 0.2) is 0 Å². The van der Waals surface area contributed by atoms with Crippen molar-refractivity contribution in [3.05, 3.63) is 0 Å². The minimum atomic E-state index is 0.222. The predicted octanol–water partition coefficient (Wildman–Crippen LogP) is 1.68. The normalized spacial score (nSPS) is 34.9. The number of hydrogen-bond donors (Lipinski definition) is 2. The zero-order valence-corrected chi connectivity index (χ0v) is 10.3. The van der Waals surface area contributed by atoms with Crippen LogP contribution in [0.25, 0.3) is 0 Å². The maximum atomic E-state index is 12.0. The summed E-state index contributed by atoms with van der Waals surface area (Å²) in [5.41, 5.74) is 0. The van der Waals surface area contributed by atoms with Crippen LogP contribution in [0.5, 0.6) is 0 Å². The average molecular weight is 224 g/mol. The number of amides is 1. The summed E-state index contributed by atoms with van der Waals surface area (Å²) < 4.78 is 0. The molecule has 3 heteroatoms. The highest BCUT2D eigenvalue weighted by Crippen LogP contribution is 2.27. The van der Waals surface area contributed by atoms with Crippen molar-refractivity contribution in [3.63, 3.8) is 0 Å². The molecule has 1 heterocycles. The van der Waals surface area contributed by atoms with Crippen molar-refractivity contribution in [1.82, 2.24) is 10.6 Å². The summed E-state index contributed by atoms with van der Waals surface area (Å²) in [4.78, 5) is 12.0. The molecule has 2 fully saturated rings. The van der Waals surface area contributed by atoms with E-state index < -0.39 is 0 Å². The van der Waals surface area contributed by atoms with Crippen LogP contribution in [-0.2, 0) is 4.79 Å². The zero-order chi connectivity index (χ0) is 11.4. The first-order valence-electron chi connectivity index (χ1n) is 6.82. The highest BCUT2D eigenvalue weighted by atomic mass is 16.2. The molecule has 2 rings (SSSR count). The Balaban J connectivity index is 1.84. The molecule has 3 nitrogen and oxygen atoms in total. The molecule has 1 saturated heterocycles. The first-order chi connectivity index (χ1) is 7.81. The molecule has 1 amide bonds. The van der Waals surface area contributed by atoms with E-state index in [-0.39, 0.29) is 11.8 Å². The van der Waals surface area contributed by atoms with Crippen molar-refractivity contribution in [2.75, 3.05) is 13.1 Å². The molecule has 92 valence electrons. The summed E-state index contributed by atoms with van der Waals surface area (Å²) in [6, 6.07) is 0.451. The lowest BCUT2D eigenvalue weighted by Crippen LogP contribution is -2.44. The van der Waals surface area contributed by atoms with Gasteiger partial charge in [0.1, 0.15) is 0 Å².